The van der Waals surface area contributed by atoms with Gasteiger partial charge in [-0.25, -0.2) is 0 Å². The zero-order chi connectivity index (χ0) is 20.4. The van der Waals surface area contributed by atoms with Gasteiger partial charge in [-0.05, 0) is 46.0 Å². The van der Waals surface area contributed by atoms with E-state index in [9.17, 15) is 19.7 Å². The molecule has 1 aliphatic rings. The average molecular weight is 446 g/mol. The lowest BCUT2D eigenvalue weighted by Crippen LogP contribution is -2.51. The first-order chi connectivity index (χ1) is 13.3. The second kappa shape index (κ2) is 8.10. The van der Waals surface area contributed by atoms with E-state index in [1.54, 1.807) is 30.3 Å². The maximum absolute atomic E-state index is 13.2. The molecule has 1 heterocycles. The van der Waals surface area contributed by atoms with Crippen molar-refractivity contribution in [2.45, 2.75) is 26.3 Å². The number of nitro groups is 1. The molecule has 0 radical (unpaired) electrons. The number of nitro benzene ring substituents is 1. The fraction of sp³-hybridized carbons (Fsp3) is 0.300. The molecule has 0 spiro atoms. The molecule has 28 heavy (non-hydrogen) atoms. The predicted octanol–water partition coefficient (Wildman–Crippen LogP) is 3.70. The first kappa shape index (κ1) is 20.0. The van der Waals surface area contributed by atoms with Crippen molar-refractivity contribution in [2.24, 2.45) is 5.92 Å². The smallest absolute Gasteiger partial charge is 0.271 e. The molecule has 7 nitrogen and oxygen atoms in total. The van der Waals surface area contributed by atoms with E-state index in [0.717, 1.165) is 5.56 Å². The van der Waals surface area contributed by atoms with Crippen LogP contribution in [-0.2, 0) is 11.2 Å². The third kappa shape index (κ3) is 3.91. The number of hydrogen-bond donors (Lipinski definition) is 1. The third-order valence-electron chi connectivity index (χ3n) is 4.78. The van der Waals surface area contributed by atoms with Gasteiger partial charge in [0.2, 0.25) is 5.91 Å². The van der Waals surface area contributed by atoms with Gasteiger partial charge >= 0.3 is 0 Å². The third-order valence-corrected chi connectivity index (χ3v) is 5.47. The highest BCUT2D eigenvalue weighted by atomic mass is 79.9. The second-order valence-electron chi connectivity index (χ2n) is 6.98. The van der Waals surface area contributed by atoms with Crippen LogP contribution in [0.4, 0.5) is 11.4 Å². The van der Waals surface area contributed by atoms with E-state index in [1.165, 1.54) is 17.0 Å². The Balaban J connectivity index is 1.86. The van der Waals surface area contributed by atoms with Crippen LogP contribution in [0.15, 0.2) is 46.9 Å². The number of hydrogen-bond acceptors (Lipinski definition) is 4. The Morgan fingerprint density at radius 2 is 1.93 bits per heavy atom. The van der Waals surface area contributed by atoms with Gasteiger partial charge in [0.25, 0.3) is 11.6 Å². The van der Waals surface area contributed by atoms with Gasteiger partial charge in [-0.3, -0.25) is 19.7 Å². The molecule has 1 atom stereocenters. The normalized spacial score (nSPS) is 13.9. The summed E-state index contributed by atoms with van der Waals surface area (Å²) in [5.41, 5.74) is 1.81. The van der Waals surface area contributed by atoms with Crippen LogP contribution in [-0.4, -0.2) is 29.3 Å². The van der Waals surface area contributed by atoms with Gasteiger partial charge in [-0.2, -0.15) is 0 Å². The molecule has 2 aromatic rings. The van der Waals surface area contributed by atoms with Gasteiger partial charge in [0.15, 0.2) is 0 Å². The fourth-order valence-electron chi connectivity index (χ4n) is 3.26. The Kier molecular flexibility index (Phi) is 5.79. The van der Waals surface area contributed by atoms with Crippen molar-refractivity contribution in [1.29, 1.82) is 0 Å². The molecule has 0 aromatic heterocycles. The van der Waals surface area contributed by atoms with E-state index in [4.69, 9.17) is 0 Å². The zero-order valence-electron chi connectivity index (χ0n) is 15.5. The lowest BCUT2D eigenvalue weighted by molar-refractivity contribution is -0.384. The summed E-state index contributed by atoms with van der Waals surface area (Å²) < 4.78 is 0.643. The summed E-state index contributed by atoms with van der Waals surface area (Å²) in [5, 5.41) is 13.9. The van der Waals surface area contributed by atoms with Crippen molar-refractivity contribution in [3.05, 3.63) is 68.2 Å². The number of non-ortho nitro benzene ring substituents is 1. The molecule has 2 aromatic carbocycles. The molecule has 3 rings (SSSR count). The van der Waals surface area contributed by atoms with Crippen molar-refractivity contribution in [3.63, 3.8) is 0 Å². The Labute approximate surface area is 171 Å². The van der Waals surface area contributed by atoms with Crippen LogP contribution >= 0.6 is 15.9 Å². The molecule has 0 saturated carbocycles. The van der Waals surface area contributed by atoms with Gasteiger partial charge in [0, 0.05) is 23.2 Å². The van der Waals surface area contributed by atoms with Crippen LogP contribution in [0.2, 0.25) is 0 Å². The molecular weight excluding hydrogens is 426 g/mol. The van der Waals surface area contributed by atoms with Crippen LogP contribution in [0.25, 0.3) is 0 Å². The molecular formula is C20H20BrN3O4. The topological polar surface area (TPSA) is 92.6 Å². The number of carbonyl (C=O) groups is 2. The molecule has 0 bridgehead atoms. The molecule has 146 valence electrons. The SMILES string of the molecule is CC(C)[C@H](NC(=O)c1ccccc1Br)C(=O)N1CCc2ccc([N+](=O)[O-])cc21. The lowest BCUT2D eigenvalue weighted by Gasteiger charge is -2.27. The molecule has 1 N–H and O–H groups in total. The monoisotopic (exact) mass is 445 g/mol. The summed E-state index contributed by atoms with van der Waals surface area (Å²) in [6, 6.07) is 10.8. The van der Waals surface area contributed by atoms with Gasteiger partial charge in [-0.1, -0.05) is 32.0 Å². The van der Waals surface area contributed by atoms with Gasteiger partial charge < -0.3 is 10.2 Å². The predicted molar refractivity (Wildman–Crippen MR) is 109 cm³/mol. The van der Waals surface area contributed by atoms with Crippen LogP contribution in [0.3, 0.4) is 0 Å². The average Bonchev–Trinajstić information content (AvgIpc) is 3.08. The van der Waals surface area contributed by atoms with Crippen LogP contribution < -0.4 is 10.2 Å². The van der Waals surface area contributed by atoms with Crippen molar-refractivity contribution in [1.82, 2.24) is 5.32 Å². The minimum absolute atomic E-state index is 0.0585. The molecule has 0 aliphatic carbocycles. The Morgan fingerprint density at radius 3 is 2.57 bits per heavy atom. The number of nitrogens with zero attached hydrogens (tertiary/aromatic N) is 2. The van der Waals surface area contributed by atoms with E-state index >= 15 is 0 Å². The van der Waals surface area contributed by atoms with E-state index in [2.05, 4.69) is 21.2 Å². The first-order valence-electron chi connectivity index (χ1n) is 8.93. The summed E-state index contributed by atoms with van der Waals surface area (Å²) in [6.45, 7) is 4.14. The fourth-order valence-corrected chi connectivity index (χ4v) is 3.72. The summed E-state index contributed by atoms with van der Waals surface area (Å²) in [7, 11) is 0. The number of amides is 2. The Hall–Kier alpha value is -2.74. The lowest BCUT2D eigenvalue weighted by atomic mass is 10.0. The molecule has 0 unspecified atom stereocenters. The minimum Gasteiger partial charge on any atom is -0.340 e. The van der Waals surface area contributed by atoms with E-state index < -0.39 is 11.0 Å². The van der Waals surface area contributed by atoms with Gasteiger partial charge in [0.05, 0.1) is 16.2 Å². The molecule has 2 amide bonds. The van der Waals surface area contributed by atoms with Crippen LogP contribution in [0.1, 0.15) is 29.8 Å². The highest BCUT2D eigenvalue weighted by Crippen LogP contribution is 2.32. The summed E-state index contributed by atoms with van der Waals surface area (Å²) in [4.78, 5) is 38.1. The Bertz CT molecular complexity index is 945. The standard InChI is InChI=1S/C20H20BrN3O4/c1-12(2)18(22-19(25)15-5-3-4-6-16(15)21)20(26)23-10-9-13-7-8-14(24(27)28)11-17(13)23/h3-8,11-12,18H,9-10H2,1-2H3,(H,22,25)/t18-/m0/s1. The number of anilines is 1. The number of halogens is 1. The summed E-state index contributed by atoms with van der Waals surface area (Å²) in [6.07, 6.45) is 0.627. The molecule has 0 saturated heterocycles. The van der Waals surface area contributed by atoms with Crippen LogP contribution in [0, 0.1) is 16.0 Å². The van der Waals surface area contributed by atoms with E-state index in [1.807, 2.05) is 13.8 Å². The number of fused-ring (bicyclic) bond motifs is 1. The Morgan fingerprint density at radius 1 is 1.21 bits per heavy atom. The van der Waals surface area contributed by atoms with E-state index in [-0.39, 0.29) is 23.4 Å². The number of nitrogens with one attached hydrogen (secondary N) is 1. The van der Waals surface area contributed by atoms with Gasteiger partial charge in [-0.15, -0.1) is 0 Å². The van der Waals surface area contributed by atoms with Crippen molar-refractivity contribution < 1.29 is 14.5 Å². The highest BCUT2D eigenvalue weighted by molar-refractivity contribution is 9.10. The summed E-state index contributed by atoms with van der Waals surface area (Å²) >= 11 is 3.35. The van der Waals surface area contributed by atoms with Crippen molar-refractivity contribution in [2.75, 3.05) is 11.4 Å². The first-order valence-corrected chi connectivity index (χ1v) is 9.73. The van der Waals surface area contributed by atoms with Crippen molar-refractivity contribution in [3.8, 4) is 0 Å². The van der Waals surface area contributed by atoms with Crippen molar-refractivity contribution >= 4 is 39.1 Å². The molecule has 8 heteroatoms. The van der Waals surface area contributed by atoms with E-state index in [0.29, 0.717) is 28.7 Å². The number of rotatable bonds is 5. The number of benzene rings is 2. The van der Waals surface area contributed by atoms with Crippen LogP contribution in [0.5, 0.6) is 0 Å². The summed E-state index contributed by atoms with van der Waals surface area (Å²) in [5.74, 6) is -0.769. The zero-order valence-corrected chi connectivity index (χ0v) is 17.1. The maximum Gasteiger partial charge on any atom is 0.271 e. The number of carbonyl (C=O) groups excluding carboxylic acids is 2. The van der Waals surface area contributed by atoms with Gasteiger partial charge in [0.1, 0.15) is 6.04 Å². The minimum atomic E-state index is -0.746. The molecule has 0 fully saturated rings. The maximum atomic E-state index is 13.2. The largest absolute Gasteiger partial charge is 0.340 e. The second-order valence-corrected chi connectivity index (χ2v) is 7.84. The molecule has 1 aliphatic heterocycles. The highest BCUT2D eigenvalue weighted by Gasteiger charge is 2.34. The quantitative estimate of drug-likeness (QED) is 0.560.